The van der Waals surface area contributed by atoms with Crippen LogP contribution in [0.25, 0.3) is 11.5 Å². The van der Waals surface area contributed by atoms with Gasteiger partial charge < -0.3 is 9.47 Å². The average molecular weight is 335 g/mol. The fraction of sp³-hybridized carbons (Fsp3) is 0.389. The molecule has 0 aromatic carbocycles. The number of imidazole rings is 1. The molecule has 128 valence electrons. The lowest BCUT2D eigenvalue weighted by atomic mass is 10.2. The third kappa shape index (κ3) is 2.97. The van der Waals surface area contributed by atoms with E-state index in [9.17, 15) is 0 Å². The summed E-state index contributed by atoms with van der Waals surface area (Å²) in [6.07, 6.45) is 7.65. The summed E-state index contributed by atoms with van der Waals surface area (Å²) in [5.41, 5.74) is 1.81. The molecule has 1 saturated heterocycles. The molecule has 1 aliphatic rings. The Morgan fingerprint density at radius 2 is 1.96 bits per heavy atom. The summed E-state index contributed by atoms with van der Waals surface area (Å²) >= 11 is 0. The van der Waals surface area contributed by atoms with Crippen LogP contribution < -0.4 is 4.90 Å². The number of aromatic nitrogens is 6. The average Bonchev–Trinajstić information content (AvgIpc) is 3.23. The first-order valence-electron chi connectivity index (χ1n) is 8.51. The van der Waals surface area contributed by atoms with Crippen LogP contribution in [0.15, 0.2) is 30.7 Å². The summed E-state index contributed by atoms with van der Waals surface area (Å²) in [6, 6.07) is 4.08. The van der Waals surface area contributed by atoms with Crippen LogP contribution in [0.4, 0.5) is 5.82 Å². The minimum atomic E-state index is 0.133. The lowest BCUT2D eigenvalue weighted by Crippen LogP contribution is -2.25. The molecule has 1 atom stereocenters. The Morgan fingerprint density at radius 3 is 2.72 bits per heavy atom. The SMILES string of the molecule is Cc1cc(-c2nccn2C)nc([C@@H]2CCCN2c2ccnc(C)n2)n1. The summed E-state index contributed by atoms with van der Waals surface area (Å²) in [5.74, 6) is 3.42. The molecule has 1 aliphatic heterocycles. The van der Waals surface area contributed by atoms with Crippen molar-refractivity contribution in [2.45, 2.75) is 32.7 Å². The van der Waals surface area contributed by atoms with E-state index in [1.54, 1.807) is 6.20 Å². The summed E-state index contributed by atoms with van der Waals surface area (Å²) in [5, 5.41) is 0. The third-order valence-corrected chi connectivity index (χ3v) is 4.53. The molecule has 0 aliphatic carbocycles. The van der Waals surface area contributed by atoms with Crippen LogP contribution in [0.3, 0.4) is 0 Å². The molecular weight excluding hydrogens is 314 g/mol. The maximum absolute atomic E-state index is 4.84. The molecule has 4 heterocycles. The molecule has 0 saturated carbocycles. The van der Waals surface area contributed by atoms with Crippen molar-refractivity contribution in [3.8, 4) is 11.5 Å². The van der Waals surface area contributed by atoms with Crippen molar-refractivity contribution >= 4 is 5.82 Å². The van der Waals surface area contributed by atoms with Gasteiger partial charge in [-0.05, 0) is 38.8 Å². The highest BCUT2D eigenvalue weighted by molar-refractivity contribution is 5.51. The van der Waals surface area contributed by atoms with Crippen molar-refractivity contribution in [3.63, 3.8) is 0 Å². The fourth-order valence-electron chi connectivity index (χ4n) is 3.38. The van der Waals surface area contributed by atoms with E-state index < -0.39 is 0 Å². The Bertz CT molecular complexity index is 902. The van der Waals surface area contributed by atoms with Gasteiger partial charge in [-0.1, -0.05) is 0 Å². The Morgan fingerprint density at radius 1 is 1.08 bits per heavy atom. The van der Waals surface area contributed by atoms with Gasteiger partial charge in [0.1, 0.15) is 17.3 Å². The first-order valence-corrected chi connectivity index (χ1v) is 8.51. The van der Waals surface area contributed by atoms with Gasteiger partial charge in [-0.15, -0.1) is 0 Å². The molecule has 7 nitrogen and oxygen atoms in total. The lowest BCUT2D eigenvalue weighted by molar-refractivity contribution is 0.655. The molecule has 3 aromatic heterocycles. The van der Waals surface area contributed by atoms with Crippen molar-refractivity contribution < 1.29 is 0 Å². The number of nitrogens with zero attached hydrogens (tertiary/aromatic N) is 7. The second-order valence-electron chi connectivity index (χ2n) is 6.43. The van der Waals surface area contributed by atoms with Crippen LogP contribution in [-0.4, -0.2) is 36.0 Å². The molecule has 0 unspecified atom stereocenters. The largest absolute Gasteiger partial charge is 0.346 e. The minimum Gasteiger partial charge on any atom is -0.346 e. The first-order chi connectivity index (χ1) is 12.1. The zero-order valence-electron chi connectivity index (χ0n) is 14.7. The highest BCUT2D eigenvalue weighted by atomic mass is 15.3. The predicted molar refractivity (Wildman–Crippen MR) is 95.1 cm³/mol. The molecular formula is C18H21N7. The molecule has 4 rings (SSSR count). The van der Waals surface area contributed by atoms with Gasteiger partial charge in [0.25, 0.3) is 0 Å². The Labute approximate surface area is 146 Å². The van der Waals surface area contributed by atoms with Crippen molar-refractivity contribution in [2.75, 3.05) is 11.4 Å². The fourth-order valence-corrected chi connectivity index (χ4v) is 3.38. The monoisotopic (exact) mass is 335 g/mol. The van der Waals surface area contributed by atoms with Crippen LogP contribution in [-0.2, 0) is 7.05 Å². The number of rotatable bonds is 3. The summed E-state index contributed by atoms with van der Waals surface area (Å²) < 4.78 is 1.98. The molecule has 0 N–H and O–H groups in total. The number of aryl methyl sites for hydroxylation is 3. The molecule has 0 radical (unpaired) electrons. The van der Waals surface area contributed by atoms with Crippen molar-refractivity contribution in [2.24, 2.45) is 7.05 Å². The second-order valence-corrected chi connectivity index (χ2v) is 6.43. The number of anilines is 1. The lowest BCUT2D eigenvalue weighted by Gasteiger charge is -2.25. The Kier molecular flexibility index (Phi) is 3.91. The summed E-state index contributed by atoms with van der Waals surface area (Å²) in [7, 11) is 1.98. The first kappa shape index (κ1) is 15.7. The van der Waals surface area contributed by atoms with E-state index in [1.807, 2.05) is 50.0 Å². The Balaban J connectivity index is 1.73. The standard InChI is InChI=1S/C18H21N7/c1-12-11-14(18-20-8-10-24(18)3)23-17(21-12)15-5-4-9-25(15)16-6-7-19-13(2)22-16/h6-8,10-11,15H,4-5,9H2,1-3H3/t15-/m0/s1. The zero-order chi connectivity index (χ0) is 17.4. The highest BCUT2D eigenvalue weighted by Gasteiger charge is 2.30. The molecule has 3 aromatic rings. The minimum absolute atomic E-state index is 0.133. The normalized spacial score (nSPS) is 17.2. The van der Waals surface area contributed by atoms with E-state index in [-0.39, 0.29) is 6.04 Å². The van der Waals surface area contributed by atoms with E-state index in [2.05, 4.69) is 19.9 Å². The smallest absolute Gasteiger partial charge is 0.158 e. The van der Waals surface area contributed by atoms with Gasteiger partial charge in [0.15, 0.2) is 11.6 Å². The van der Waals surface area contributed by atoms with Gasteiger partial charge in [0.2, 0.25) is 0 Å². The molecule has 25 heavy (non-hydrogen) atoms. The van der Waals surface area contributed by atoms with Crippen molar-refractivity contribution in [3.05, 3.63) is 48.1 Å². The maximum atomic E-state index is 4.84. The van der Waals surface area contributed by atoms with Crippen molar-refractivity contribution in [1.82, 2.24) is 29.5 Å². The molecule has 7 heteroatoms. The van der Waals surface area contributed by atoms with E-state index >= 15 is 0 Å². The van der Waals surface area contributed by atoms with Crippen LogP contribution >= 0.6 is 0 Å². The summed E-state index contributed by atoms with van der Waals surface area (Å²) in [6.45, 7) is 4.87. The zero-order valence-corrected chi connectivity index (χ0v) is 14.7. The van der Waals surface area contributed by atoms with Crippen LogP contribution in [0.5, 0.6) is 0 Å². The van der Waals surface area contributed by atoms with Gasteiger partial charge in [-0.2, -0.15) is 0 Å². The van der Waals surface area contributed by atoms with Gasteiger partial charge in [0, 0.05) is 37.9 Å². The third-order valence-electron chi connectivity index (χ3n) is 4.53. The van der Waals surface area contributed by atoms with Gasteiger partial charge >= 0.3 is 0 Å². The molecule has 0 bridgehead atoms. The van der Waals surface area contributed by atoms with Gasteiger partial charge in [0.05, 0.1) is 6.04 Å². The molecule has 0 spiro atoms. The maximum Gasteiger partial charge on any atom is 0.158 e. The quantitative estimate of drug-likeness (QED) is 0.732. The van der Waals surface area contributed by atoms with E-state index in [0.717, 1.165) is 54.1 Å². The highest BCUT2D eigenvalue weighted by Crippen LogP contribution is 2.34. The Hall–Kier alpha value is -2.83. The molecule has 0 amide bonds. The predicted octanol–water partition coefficient (Wildman–Crippen LogP) is 2.63. The number of hydrogen-bond donors (Lipinski definition) is 0. The van der Waals surface area contributed by atoms with E-state index in [4.69, 9.17) is 9.97 Å². The van der Waals surface area contributed by atoms with Gasteiger partial charge in [-0.25, -0.2) is 24.9 Å². The van der Waals surface area contributed by atoms with E-state index in [0.29, 0.717) is 0 Å². The topological polar surface area (TPSA) is 72.6 Å². The second kappa shape index (κ2) is 6.23. The summed E-state index contributed by atoms with van der Waals surface area (Å²) in [4.78, 5) is 25.0. The van der Waals surface area contributed by atoms with Gasteiger partial charge in [-0.3, -0.25) is 0 Å². The molecule has 1 fully saturated rings. The van der Waals surface area contributed by atoms with Crippen LogP contribution in [0.1, 0.15) is 36.2 Å². The van der Waals surface area contributed by atoms with Crippen LogP contribution in [0.2, 0.25) is 0 Å². The number of hydrogen-bond acceptors (Lipinski definition) is 6. The van der Waals surface area contributed by atoms with Crippen molar-refractivity contribution in [1.29, 1.82) is 0 Å². The van der Waals surface area contributed by atoms with Crippen LogP contribution in [0, 0.1) is 13.8 Å². The van der Waals surface area contributed by atoms with E-state index in [1.165, 1.54) is 0 Å².